The molecule has 1 aliphatic heterocycles. The lowest BCUT2D eigenvalue weighted by Gasteiger charge is -2.48. The molecular weight excluding hydrogens is 344 g/mol. The number of fused-ring (bicyclic) bond motifs is 1. The van der Waals surface area contributed by atoms with Crippen LogP contribution >= 0.6 is 0 Å². The summed E-state index contributed by atoms with van der Waals surface area (Å²) in [6.45, 7) is 14.9. The van der Waals surface area contributed by atoms with Crippen LogP contribution in [0.1, 0.15) is 119 Å². The zero-order valence-corrected chi connectivity index (χ0v) is 20.0. The van der Waals surface area contributed by atoms with Gasteiger partial charge in [-0.1, -0.05) is 73.1 Å². The molecule has 0 spiro atoms. The van der Waals surface area contributed by atoms with Crippen LogP contribution in [0.5, 0.6) is 0 Å². The number of rotatable bonds is 15. The third-order valence-electron chi connectivity index (χ3n) is 7.78. The van der Waals surface area contributed by atoms with Crippen LogP contribution in [0.3, 0.4) is 0 Å². The van der Waals surface area contributed by atoms with E-state index in [-0.39, 0.29) is 5.60 Å². The van der Waals surface area contributed by atoms with Crippen LogP contribution in [0.2, 0.25) is 0 Å². The summed E-state index contributed by atoms with van der Waals surface area (Å²) in [5.41, 5.74) is 0.0332. The molecule has 2 heteroatoms. The van der Waals surface area contributed by atoms with Gasteiger partial charge in [-0.25, -0.2) is 0 Å². The fourth-order valence-electron chi connectivity index (χ4n) is 6.26. The first kappa shape index (κ1) is 24.2. The molecule has 0 bridgehead atoms. The lowest BCUT2D eigenvalue weighted by Crippen LogP contribution is -2.50. The van der Waals surface area contributed by atoms with Crippen molar-refractivity contribution >= 4 is 0 Å². The van der Waals surface area contributed by atoms with Crippen molar-refractivity contribution in [3.63, 3.8) is 0 Å². The molecule has 1 aliphatic carbocycles. The van der Waals surface area contributed by atoms with Crippen molar-refractivity contribution in [2.45, 2.75) is 136 Å². The maximum atomic E-state index is 6.65. The molecule has 0 amide bonds. The van der Waals surface area contributed by atoms with Crippen molar-refractivity contribution in [1.29, 1.82) is 0 Å². The molecule has 1 heterocycles. The number of epoxide rings is 1. The van der Waals surface area contributed by atoms with Crippen molar-refractivity contribution in [2.24, 2.45) is 23.7 Å². The highest BCUT2D eigenvalue weighted by molar-refractivity contribution is 4.96. The molecule has 0 aromatic rings. The predicted molar refractivity (Wildman–Crippen MR) is 121 cm³/mol. The van der Waals surface area contributed by atoms with Crippen LogP contribution in [0.15, 0.2) is 0 Å². The van der Waals surface area contributed by atoms with Crippen molar-refractivity contribution in [3.8, 4) is 0 Å². The van der Waals surface area contributed by atoms with Gasteiger partial charge in [0.05, 0.1) is 17.8 Å². The standard InChI is InChI=1S/C26H50O2/c1-7-9-10-11-12-13-14-23(26(20(3)4,21(5)6)27-8-2)17-15-22-16-18-24-25(19-22)28-24/h20-25H,7-19H2,1-6H3. The first-order chi connectivity index (χ1) is 13.5. The maximum Gasteiger partial charge on any atom is 0.0844 e. The highest BCUT2D eigenvalue weighted by Crippen LogP contribution is 2.46. The highest BCUT2D eigenvalue weighted by atomic mass is 16.6. The molecule has 166 valence electrons. The van der Waals surface area contributed by atoms with Crippen LogP contribution < -0.4 is 0 Å². The Hall–Kier alpha value is -0.0800. The second kappa shape index (κ2) is 11.9. The van der Waals surface area contributed by atoms with Gasteiger partial charge in [0, 0.05) is 6.61 Å². The quantitative estimate of drug-likeness (QED) is 0.209. The minimum atomic E-state index is 0.0332. The molecule has 1 saturated carbocycles. The van der Waals surface area contributed by atoms with Gasteiger partial charge in [0.25, 0.3) is 0 Å². The van der Waals surface area contributed by atoms with Crippen molar-refractivity contribution in [1.82, 2.24) is 0 Å². The van der Waals surface area contributed by atoms with E-state index in [1.165, 1.54) is 77.0 Å². The maximum absolute atomic E-state index is 6.65. The minimum absolute atomic E-state index is 0.0332. The van der Waals surface area contributed by atoms with E-state index in [1.807, 2.05) is 0 Å². The fourth-order valence-corrected chi connectivity index (χ4v) is 6.26. The summed E-state index contributed by atoms with van der Waals surface area (Å²) < 4.78 is 12.4. The fraction of sp³-hybridized carbons (Fsp3) is 1.00. The van der Waals surface area contributed by atoms with Gasteiger partial charge in [-0.15, -0.1) is 0 Å². The molecular formula is C26H50O2. The van der Waals surface area contributed by atoms with Crippen molar-refractivity contribution < 1.29 is 9.47 Å². The summed E-state index contributed by atoms with van der Waals surface area (Å²) in [5, 5.41) is 0. The first-order valence-electron chi connectivity index (χ1n) is 12.7. The Labute approximate surface area is 176 Å². The Morgan fingerprint density at radius 3 is 2.14 bits per heavy atom. The van der Waals surface area contributed by atoms with E-state index in [0.29, 0.717) is 30.0 Å². The second-order valence-corrected chi connectivity index (χ2v) is 10.3. The third kappa shape index (κ3) is 6.46. The average Bonchev–Trinajstić information content (AvgIpc) is 3.43. The van der Waals surface area contributed by atoms with Gasteiger partial charge < -0.3 is 9.47 Å². The summed E-state index contributed by atoms with van der Waals surface area (Å²) in [7, 11) is 0. The molecule has 4 unspecified atom stereocenters. The van der Waals surface area contributed by atoms with Gasteiger partial charge in [0.2, 0.25) is 0 Å². The largest absolute Gasteiger partial charge is 0.374 e. The molecule has 0 aromatic carbocycles. The van der Waals surface area contributed by atoms with E-state index >= 15 is 0 Å². The lowest BCUT2D eigenvalue weighted by molar-refractivity contribution is -0.150. The zero-order chi connectivity index (χ0) is 20.6. The van der Waals surface area contributed by atoms with Gasteiger partial charge in [0.15, 0.2) is 0 Å². The Bertz CT molecular complexity index is 409. The molecule has 2 nitrogen and oxygen atoms in total. The Kier molecular flexibility index (Phi) is 10.3. The molecule has 0 aromatic heterocycles. The molecule has 0 radical (unpaired) electrons. The van der Waals surface area contributed by atoms with Crippen LogP contribution in [0, 0.1) is 23.7 Å². The van der Waals surface area contributed by atoms with Crippen LogP contribution in [0.25, 0.3) is 0 Å². The Morgan fingerprint density at radius 2 is 1.54 bits per heavy atom. The molecule has 4 atom stereocenters. The predicted octanol–water partition coefficient (Wildman–Crippen LogP) is 7.79. The third-order valence-corrected chi connectivity index (χ3v) is 7.78. The summed E-state index contributed by atoms with van der Waals surface area (Å²) in [4.78, 5) is 0. The van der Waals surface area contributed by atoms with Gasteiger partial charge in [-0.05, 0) is 69.1 Å². The van der Waals surface area contributed by atoms with Crippen molar-refractivity contribution in [3.05, 3.63) is 0 Å². The number of ether oxygens (including phenoxy) is 2. The van der Waals surface area contributed by atoms with E-state index in [1.54, 1.807) is 0 Å². The summed E-state index contributed by atoms with van der Waals surface area (Å²) in [6, 6.07) is 0. The monoisotopic (exact) mass is 394 g/mol. The zero-order valence-electron chi connectivity index (χ0n) is 20.0. The van der Waals surface area contributed by atoms with Crippen LogP contribution in [-0.2, 0) is 9.47 Å². The second-order valence-electron chi connectivity index (χ2n) is 10.3. The minimum Gasteiger partial charge on any atom is -0.374 e. The van der Waals surface area contributed by atoms with E-state index in [0.717, 1.165) is 12.5 Å². The van der Waals surface area contributed by atoms with Gasteiger partial charge in [0.1, 0.15) is 0 Å². The Balaban J connectivity index is 1.97. The van der Waals surface area contributed by atoms with Crippen molar-refractivity contribution in [2.75, 3.05) is 6.61 Å². The smallest absolute Gasteiger partial charge is 0.0844 e. The summed E-state index contributed by atoms with van der Waals surface area (Å²) >= 11 is 0. The first-order valence-corrected chi connectivity index (χ1v) is 12.7. The van der Waals surface area contributed by atoms with E-state index < -0.39 is 0 Å². The van der Waals surface area contributed by atoms with Crippen LogP contribution in [-0.4, -0.2) is 24.4 Å². The number of hydrogen-bond acceptors (Lipinski definition) is 2. The molecule has 0 N–H and O–H groups in total. The SMILES string of the molecule is CCCCCCCCC(CCC1CCC2OC2C1)C(OCC)(C(C)C)C(C)C. The number of unbranched alkanes of at least 4 members (excludes halogenated alkanes) is 5. The molecule has 2 rings (SSSR count). The number of hydrogen-bond donors (Lipinski definition) is 0. The van der Waals surface area contributed by atoms with E-state index in [2.05, 4.69) is 41.5 Å². The average molecular weight is 395 g/mol. The Morgan fingerprint density at radius 1 is 0.857 bits per heavy atom. The van der Waals surface area contributed by atoms with E-state index in [9.17, 15) is 0 Å². The van der Waals surface area contributed by atoms with E-state index in [4.69, 9.17) is 9.47 Å². The normalized spacial score (nSPS) is 25.9. The van der Waals surface area contributed by atoms with Gasteiger partial charge in [-0.3, -0.25) is 0 Å². The lowest BCUT2D eigenvalue weighted by atomic mass is 9.66. The van der Waals surface area contributed by atoms with Gasteiger partial charge >= 0.3 is 0 Å². The highest BCUT2D eigenvalue weighted by Gasteiger charge is 2.46. The van der Waals surface area contributed by atoms with Crippen LogP contribution in [0.4, 0.5) is 0 Å². The molecule has 2 fully saturated rings. The summed E-state index contributed by atoms with van der Waals surface area (Å²) in [5.74, 6) is 2.71. The topological polar surface area (TPSA) is 21.8 Å². The molecule has 1 saturated heterocycles. The molecule has 28 heavy (non-hydrogen) atoms. The summed E-state index contributed by atoms with van der Waals surface area (Å²) in [6.07, 6.45) is 17.7. The molecule has 2 aliphatic rings. The van der Waals surface area contributed by atoms with Gasteiger partial charge in [-0.2, -0.15) is 0 Å².